The first-order valence-electron chi connectivity index (χ1n) is 13.7. The molecule has 216 valence electrons. The van der Waals surface area contributed by atoms with Crippen molar-refractivity contribution >= 4 is 28.8 Å². The molecule has 0 bridgehead atoms. The van der Waals surface area contributed by atoms with E-state index in [1.165, 1.54) is 0 Å². The minimum absolute atomic E-state index is 0.790. The second-order valence-electron chi connectivity index (χ2n) is 9.84. The molecule has 0 radical (unpaired) electrons. The van der Waals surface area contributed by atoms with Crippen LogP contribution in [0.4, 0.5) is 0 Å². The Bertz CT molecular complexity index is 1860. The Morgan fingerprint density at radius 2 is 0.578 bits per heavy atom. The lowest BCUT2D eigenvalue weighted by Gasteiger charge is -2.38. The van der Waals surface area contributed by atoms with E-state index < -0.39 is 8.07 Å². The average molecular weight is 609 g/mol. The van der Waals surface area contributed by atoms with Crippen molar-refractivity contribution in [2.24, 2.45) is 0 Å². The number of hydrogen-bond donors (Lipinski definition) is 0. The van der Waals surface area contributed by atoms with Crippen LogP contribution in [0, 0.1) is 0 Å². The van der Waals surface area contributed by atoms with E-state index in [1.54, 1.807) is 44.0 Å². The zero-order chi connectivity index (χ0) is 30.1. The van der Waals surface area contributed by atoms with Gasteiger partial charge in [0.25, 0.3) is 0 Å². The standard InChI is InChI=1S/C28H20N16Si/c1-5-13-25(21(9-1)41-17-29-33-37-41)45(26-14-6-2-10-22(26)42-18-30-34-38-42,27-15-7-3-11-23(27)43-19-31-35-39-43)28-16-8-4-12-24(28)44-20-32-36-40-44/h1-20H. The molecule has 0 fully saturated rings. The molecule has 0 aliphatic carbocycles. The van der Waals surface area contributed by atoms with Gasteiger partial charge >= 0.3 is 0 Å². The molecule has 45 heavy (non-hydrogen) atoms. The second-order valence-corrected chi connectivity index (χ2v) is 13.5. The largest absolute Gasteiger partial charge is 0.201 e. The van der Waals surface area contributed by atoms with Gasteiger partial charge in [-0.05, 0) is 86.7 Å². The van der Waals surface area contributed by atoms with Crippen molar-refractivity contribution in [1.29, 1.82) is 0 Å². The summed E-state index contributed by atoms with van der Waals surface area (Å²) in [7, 11) is -3.57. The van der Waals surface area contributed by atoms with Crippen LogP contribution < -0.4 is 20.7 Å². The number of nitrogens with zero attached hydrogens (tertiary/aromatic N) is 16. The fourth-order valence-electron chi connectivity index (χ4n) is 5.92. The highest BCUT2D eigenvalue weighted by atomic mass is 28.3. The van der Waals surface area contributed by atoms with Crippen molar-refractivity contribution in [2.75, 3.05) is 0 Å². The predicted molar refractivity (Wildman–Crippen MR) is 161 cm³/mol. The first kappa shape index (κ1) is 26.0. The van der Waals surface area contributed by atoms with Crippen LogP contribution in [0.2, 0.25) is 0 Å². The van der Waals surface area contributed by atoms with Gasteiger partial charge in [0.15, 0.2) is 8.07 Å². The van der Waals surface area contributed by atoms with Gasteiger partial charge < -0.3 is 0 Å². The number of tetrazole rings is 4. The molecular formula is C28H20N16Si. The maximum atomic E-state index is 4.32. The zero-order valence-electron chi connectivity index (χ0n) is 23.2. The summed E-state index contributed by atoms with van der Waals surface area (Å²) < 4.78 is 6.71. The van der Waals surface area contributed by atoms with Gasteiger partial charge in [-0.1, -0.05) is 72.8 Å². The van der Waals surface area contributed by atoms with Gasteiger partial charge in [0.05, 0.1) is 22.7 Å². The van der Waals surface area contributed by atoms with Crippen LogP contribution in [0.25, 0.3) is 22.7 Å². The summed E-state index contributed by atoms with van der Waals surface area (Å²) >= 11 is 0. The molecule has 0 saturated carbocycles. The number of rotatable bonds is 8. The van der Waals surface area contributed by atoms with Crippen LogP contribution in [0.3, 0.4) is 0 Å². The van der Waals surface area contributed by atoms with Crippen LogP contribution in [0.1, 0.15) is 0 Å². The third-order valence-electron chi connectivity index (χ3n) is 7.62. The van der Waals surface area contributed by atoms with Gasteiger partial charge in [-0.15, -0.1) is 20.4 Å². The molecule has 8 rings (SSSR count). The third-order valence-corrected chi connectivity index (χ3v) is 12.5. The van der Waals surface area contributed by atoms with Gasteiger partial charge in [0.1, 0.15) is 25.3 Å². The van der Waals surface area contributed by atoms with E-state index in [2.05, 4.69) is 86.4 Å². The van der Waals surface area contributed by atoms with E-state index in [1.807, 2.05) is 72.8 Å². The molecule has 0 unspecified atom stereocenters. The van der Waals surface area contributed by atoms with Crippen LogP contribution in [0.5, 0.6) is 0 Å². The normalized spacial score (nSPS) is 11.6. The summed E-state index contributed by atoms with van der Waals surface area (Å²) in [6.45, 7) is 0. The van der Waals surface area contributed by atoms with Crippen molar-refractivity contribution in [3.63, 3.8) is 0 Å². The predicted octanol–water partition coefficient (Wildman–Crippen LogP) is -1.03. The van der Waals surface area contributed by atoms with Crippen molar-refractivity contribution in [1.82, 2.24) is 80.8 Å². The Balaban J connectivity index is 1.62. The molecule has 4 aromatic heterocycles. The maximum absolute atomic E-state index is 4.32. The summed E-state index contributed by atoms with van der Waals surface area (Å²) in [6.07, 6.45) is 6.36. The first-order valence-corrected chi connectivity index (χ1v) is 15.7. The van der Waals surface area contributed by atoms with Crippen LogP contribution in [-0.4, -0.2) is 88.9 Å². The van der Waals surface area contributed by atoms with Gasteiger partial charge in [-0.25, -0.2) is 18.7 Å². The Kier molecular flexibility index (Phi) is 6.30. The monoisotopic (exact) mass is 608 g/mol. The summed E-state index contributed by atoms with van der Waals surface area (Å²) in [6, 6.07) is 32.4. The molecule has 4 aromatic carbocycles. The van der Waals surface area contributed by atoms with Crippen LogP contribution in [-0.2, 0) is 0 Å². The molecule has 0 spiro atoms. The van der Waals surface area contributed by atoms with Crippen LogP contribution in [0.15, 0.2) is 122 Å². The number of benzene rings is 4. The molecule has 8 aromatic rings. The van der Waals surface area contributed by atoms with E-state index >= 15 is 0 Å². The molecular weight excluding hydrogens is 589 g/mol. The fourth-order valence-corrected chi connectivity index (χ4v) is 11.4. The minimum Gasteiger partial charge on any atom is -0.201 e. The highest BCUT2D eigenvalue weighted by Gasteiger charge is 2.48. The molecule has 16 nitrogen and oxygen atoms in total. The molecule has 0 N–H and O–H groups in total. The van der Waals surface area contributed by atoms with Crippen molar-refractivity contribution in [3.8, 4) is 22.7 Å². The molecule has 0 atom stereocenters. The van der Waals surface area contributed by atoms with Crippen molar-refractivity contribution in [3.05, 3.63) is 122 Å². The summed E-state index contributed by atoms with van der Waals surface area (Å²) in [5, 5.41) is 52.9. The number of hydrogen-bond acceptors (Lipinski definition) is 12. The Labute approximate surface area is 254 Å². The molecule has 0 amide bonds. The highest BCUT2D eigenvalue weighted by molar-refractivity contribution is 7.21. The van der Waals surface area contributed by atoms with Gasteiger partial charge in [0, 0.05) is 0 Å². The van der Waals surface area contributed by atoms with Crippen LogP contribution >= 0.6 is 0 Å². The molecule has 0 aliphatic rings. The Morgan fingerprint density at radius 3 is 0.800 bits per heavy atom. The smallest absolute Gasteiger partial charge is 0.188 e. The topological polar surface area (TPSA) is 174 Å². The van der Waals surface area contributed by atoms with Crippen molar-refractivity contribution in [2.45, 2.75) is 0 Å². The van der Waals surface area contributed by atoms with Gasteiger partial charge in [-0.2, -0.15) is 0 Å². The minimum atomic E-state index is -3.57. The first-order chi connectivity index (χ1) is 22.4. The second kappa shape index (κ2) is 10.9. The zero-order valence-corrected chi connectivity index (χ0v) is 24.2. The molecule has 0 aliphatic heterocycles. The summed E-state index contributed by atoms with van der Waals surface area (Å²) in [4.78, 5) is 0. The molecule has 0 saturated heterocycles. The number of para-hydroxylation sites is 4. The number of aromatic nitrogens is 16. The molecule has 4 heterocycles. The van der Waals surface area contributed by atoms with E-state index in [0.29, 0.717) is 0 Å². The van der Waals surface area contributed by atoms with E-state index in [4.69, 9.17) is 0 Å². The van der Waals surface area contributed by atoms with E-state index in [9.17, 15) is 0 Å². The molecule has 17 heteroatoms. The fraction of sp³-hybridized carbons (Fsp3) is 0. The summed E-state index contributed by atoms with van der Waals surface area (Å²) in [5.74, 6) is 0. The Morgan fingerprint density at radius 1 is 0.333 bits per heavy atom. The Hall–Kier alpha value is -6.62. The maximum Gasteiger partial charge on any atom is 0.188 e. The van der Waals surface area contributed by atoms with E-state index in [-0.39, 0.29) is 0 Å². The van der Waals surface area contributed by atoms with E-state index in [0.717, 1.165) is 43.5 Å². The average Bonchev–Trinajstić information content (AvgIpc) is 3.95. The summed E-state index contributed by atoms with van der Waals surface area (Å²) in [5.41, 5.74) is 3.16. The van der Waals surface area contributed by atoms with Crippen molar-refractivity contribution < 1.29 is 0 Å². The van der Waals surface area contributed by atoms with Gasteiger partial charge in [0.2, 0.25) is 0 Å². The lowest BCUT2D eigenvalue weighted by molar-refractivity contribution is 0.788. The third kappa shape index (κ3) is 4.21. The van der Waals surface area contributed by atoms with Gasteiger partial charge in [-0.3, -0.25) is 0 Å². The lowest BCUT2D eigenvalue weighted by Crippen LogP contribution is -2.77. The highest BCUT2D eigenvalue weighted by Crippen LogP contribution is 2.22. The SMILES string of the molecule is c1ccc([Si](c2ccccc2-n2cnnn2)(c2ccccc2-n2cnnn2)c2ccccc2-n2cnnn2)c(-n2cnnn2)c1. The quantitative estimate of drug-likeness (QED) is 0.152. The lowest BCUT2D eigenvalue weighted by atomic mass is 10.3.